The van der Waals surface area contributed by atoms with Crippen LogP contribution >= 0.6 is 24.0 Å². The number of aromatic nitrogens is 1. The average molecular weight is 514 g/mol. The van der Waals surface area contributed by atoms with Crippen LogP contribution in [0.15, 0.2) is 47.5 Å². The zero-order chi connectivity index (χ0) is 20.4. The molecule has 1 unspecified atom stereocenters. The summed E-state index contributed by atoms with van der Waals surface area (Å²) >= 11 is 0. The minimum atomic E-state index is -0.686. The smallest absolute Gasteiger partial charge is 0.213 e. The quantitative estimate of drug-likeness (QED) is 0.271. The first-order chi connectivity index (χ1) is 13.5. The summed E-state index contributed by atoms with van der Waals surface area (Å²) in [4.78, 5) is 8.87. The van der Waals surface area contributed by atoms with E-state index in [-0.39, 0.29) is 30.1 Å². The van der Waals surface area contributed by atoms with Crippen molar-refractivity contribution in [3.8, 4) is 11.6 Å². The van der Waals surface area contributed by atoms with E-state index >= 15 is 0 Å². The van der Waals surface area contributed by atoms with E-state index in [4.69, 9.17) is 9.47 Å². The first-order valence-corrected chi connectivity index (χ1v) is 9.48. The van der Waals surface area contributed by atoms with Crippen molar-refractivity contribution in [2.45, 2.75) is 39.5 Å². The number of aliphatic hydroxyl groups is 1. The van der Waals surface area contributed by atoms with Crippen LogP contribution in [0.25, 0.3) is 0 Å². The van der Waals surface area contributed by atoms with Gasteiger partial charge in [-0.2, -0.15) is 0 Å². The molecule has 0 aliphatic carbocycles. The maximum absolute atomic E-state index is 10.5. The van der Waals surface area contributed by atoms with Gasteiger partial charge < -0.3 is 25.2 Å². The Balaban J connectivity index is 0.00000420. The predicted octanol–water partition coefficient (Wildman–Crippen LogP) is 3.28. The van der Waals surface area contributed by atoms with Gasteiger partial charge in [0.05, 0.1) is 31.6 Å². The van der Waals surface area contributed by atoms with Gasteiger partial charge in [0.25, 0.3) is 0 Å². The molecule has 8 heteroatoms. The lowest BCUT2D eigenvalue weighted by Gasteiger charge is -2.17. The Morgan fingerprint density at radius 1 is 1.17 bits per heavy atom. The highest BCUT2D eigenvalue weighted by Gasteiger charge is 2.10. The van der Waals surface area contributed by atoms with Crippen molar-refractivity contribution < 1.29 is 14.6 Å². The van der Waals surface area contributed by atoms with Gasteiger partial charge in [-0.1, -0.05) is 18.2 Å². The van der Waals surface area contributed by atoms with E-state index in [9.17, 15) is 5.11 Å². The van der Waals surface area contributed by atoms with Gasteiger partial charge in [-0.3, -0.25) is 0 Å². The number of benzene rings is 1. The van der Waals surface area contributed by atoms with Crippen molar-refractivity contribution in [3.05, 3.63) is 53.7 Å². The molecule has 0 saturated carbocycles. The van der Waals surface area contributed by atoms with Crippen LogP contribution in [-0.4, -0.2) is 42.4 Å². The highest BCUT2D eigenvalue weighted by Crippen LogP contribution is 2.20. The zero-order valence-electron chi connectivity index (χ0n) is 17.4. The van der Waals surface area contributed by atoms with Crippen LogP contribution < -0.4 is 20.1 Å². The number of guanidine groups is 1. The molecule has 2 rings (SSSR count). The molecule has 3 N–H and O–H groups in total. The molecule has 0 aliphatic rings. The summed E-state index contributed by atoms with van der Waals surface area (Å²) in [6, 6.07) is 13.1. The van der Waals surface area contributed by atoms with Crippen LogP contribution in [0.1, 0.15) is 38.1 Å². The minimum Gasteiger partial charge on any atom is -0.491 e. The van der Waals surface area contributed by atoms with Crippen LogP contribution in [0.3, 0.4) is 0 Å². The zero-order valence-corrected chi connectivity index (χ0v) is 19.7. The number of aliphatic imine (C=N–C) groups is 1. The third-order valence-electron chi connectivity index (χ3n) is 3.81. The van der Waals surface area contributed by atoms with Crippen LogP contribution in [0.2, 0.25) is 0 Å². The molecule has 1 heterocycles. The molecule has 0 bridgehead atoms. The second-order valence-corrected chi connectivity index (χ2v) is 6.50. The lowest BCUT2D eigenvalue weighted by molar-refractivity contribution is 0.179. The Hall–Kier alpha value is -2.07. The predicted molar refractivity (Wildman–Crippen MR) is 126 cm³/mol. The Morgan fingerprint density at radius 2 is 1.93 bits per heavy atom. The number of aliphatic hydroxyl groups excluding tert-OH is 1. The number of methoxy groups -OCH3 is 1. The lowest BCUT2D eigenvalue weighted by Crippen LogP contribution is -2.39. The van der Waals surface area contributed by atoms with Crippen LogP contribution in [-0.2, 0) is 6.54 Å². The van der Waals surface area contributed by atoms with Gasteiger partial charge in [-0.05, 0) is 44.5 Å². The Bertz CT molecular complexity index is 771. The Morgan fingerprint density at radius 3 is 2.62 bits per heavy atom. The van der Waals surface area contributed by atoms with Gasteiger partial charge in [0.2, 0.25) is 5.88 Å². The summed E-state index contributed by atoms with van der Waals surface area (Å²) in [5.74, 6) is 1.92. The molecule has 1 aromatic heterocycles. The molecule has 0 fully saturated rings. The first-order valence-electron chi connectivity index (χ1n) is 9.48. The van der Waals surface area contributed by atoms with Crippen LogP contribution in [0.5, 0.6) is 11.6 Å². The SMILES string of the molecule is CCNC(=NCc1cccc(OC)n1)NCC(O)c1cccc(OC(C)C)c1.I. The molecule has 1 aromatic carbocycles. The van der Waals surface area contributed by atoms with E-state index in [2.05, 4.69) is 20.6 Å². The van der Waals surface area contributed by atoms with Crippen molar-refractivity contribution in [3.63, 3.8) is 0 Å². The van der Waals surface area contributed by atoms with E-state index in [0.717, 1.165) is 17.0 Å². The number of nitrogens with one attached hydrogen (secondary N) is 2. The molecule has 7 nitrogen and oxygen atoms in total. The topological polar surface area (TPSA) is 88.0 Å². The Kier molecular flexibility index (Phi) is 11.4. The van der Waals surface area contributed by atoms with Gasteiger partial charge in [0.1, 0.15) is 5.75 Å². The number of rotatable bonds is 9. The number of hydrogen-bond donors (Lipinski definition) is 3. The summed E-state index contributed by atoms with van der Waals surface area (Å²) in [5, 5.41) is 16.9. The summed E-state index contributed by atoms with van der Waals surface area (Å²) in [6.07, 6.45) is -0.599. The van der Waals surface area contributed by atoms with Crippen molar-refractivity contribution in [1.82, 2.24) is 15.6 Å². The third-order valence-corrected chi connectivity index (χ3v) is 3.81. The fourth-order valence-electron chi connectivity index (χ4n) is 2.54. The molecule has 0 spiro atoms. The molecule has 1 atom stereocenters. The van der Waals surface area contributed by atoms with Crippen LogP contribution in [0, 0.1) is 0 Å². The first kappa shape index (κ1) is 25.0. The molecule has 0 aliphatic heterocycles. The highest BCUT2D eigenvalue weighted by atomic mass is 127. The maximum atomic E-state index is 10.5. The van der Waals surface area contributed by atoms with Crippen molar-refractivity contribution in [1.29, 1.82) is 0 Å². The standard InChI is InChI=1S/C21H30N4O3.HI/c1-5-22-21(23-13-17-9-7-11-20(25-17)27-4)24-14-19(26)16-8-6-10-18(12-16)28-15(2)3;/h6-12,15,19,26H,5,13-14H2,1-4H3,(H2,22,23,24);1H. The molecular weight excluding hydrogens is 483 g/mol. The fraction of sp³-hybridized carbons (Fsp3) is 0.429. The maximum Gasteiger partial charge on any atom is 0.213 e. The van der Waals surface area contributed by atoms with Gasteiger partial charge in [-0.25, -0.2) is 9.98 Å². The summed E-state index contributed by atoms with van der Waals surface area (Å²) in [6.45, 7) is 7.38. The lowest BCUT2D eigenvalue weighted by atomic mass is 10.1. The van der Waals surface area contributed by atoms with E-state index in [1.807, 2.05) is 57.2 Å². The molecule has 2 aromatic rings. The molecule has 160 valence electrons. The molecule has 0 saturated heterocycles. The van der Waals surface area contributed by atoms with E-state index in [0.29, 0.717) is 31.5 Å². The van der Waals surface area contributed by atoms with E-state index in [1.54, 1.807) is 13.2 Å². The normalized spacial score (nSPS) is 12.1. The fourth-order valence-corrected chi connectivity index (χ4v) is 2.54. The average Bonchev–Trinajstić information content (AvgIpc) is 2.69. The Labute approximate surface area is 190 Å². The number of halogens is 1. The summed E-state index contributed by atoms with van der Waals surface area (Å²) in [7, 11) is 1.59. The van der Waals surface area contributed by atoms with Crippen molar-refractivity contribution in [2.75, 3.05) is 20.2 Å². The monoisotopic (exact) mass is 514 g/mol. The number of hydrogen-bond acceptors (Lipinski definition) is 5. The van der Waals surface area contributed by atoms with Crippen LogP contribution in [0.4, 0.5) is 0 Å². The van der Waals surface area contributed by atoms with E-state index in [1.165, 1.54) is 0 Å². The molecule has 29 heavy (non-hydrogen) atoms. The van der Waals surface area contributed by atoms with Gasteiger partial charge in [0.15, 0.2) is 5.96 Å². The van der Waals surface area contributed by atoms with E-state index < -0.39 is 6.10 Å². The largest absolute Gasteiger partial charge is 0.491 e. The number of pyridine rings is 1. The van der Waals surface area contributed by atoms with Gasteiger partial charge in [0, 0.05) is 19.2 Å². The second-order valence-electron chi connectivity index (χ2n) is 6.50. The summed E-state index contributed by atoms with van der Waals surface area (Å²) in [5.41, 5.74) is 1.59. The molecule has 0 amide bonds. The van der Waals surface area contributed by atoms with Gasteiger partial charge in [-0.15, -0.1) is 24.0 Å². The second kappa shape index (κ2) is 13.2. The number of ether oxygens (including phenoxy) is 2. The van der Waals surface area contributed by atoms with Gasteiger partial charge >= 0.3 is 0 Å². The van der Waals surface area contributed by atoms with Crippen molar-refractivity contribution in [2.24, 2.45) is 4.99 Å². The molecular formula is C21H31IN4O3. The molecule has 0 radical (unpaired) electrons. The minimum absolute atomic E-state index is 0. The third kappa shape index (κ3) is 8.86. The highest BCUT2D eigenvalue weighted by molar-refractivity contribution is 14.0. The summed E-state index contributed by atoms with van der Waals surface area (Å²) < 4.78 is 10.8. The number of nitrogens with zero attached hydrogens (tertiary/aromatic N) is 2. The van der Waals surface area contributed by atoms with Crippen molar-refractivity contribution >= 4 is 29.9 Å².